The number of aryl methyl sites for hydroxylation is 1. The predicted molar refractivity (Wildman–Crippen MR) is 81.7 cm³/mol. The molecular formula is C15H13N3O3S. The lowest BCUT2D eigenvalue weighted by Gasteiger charge is -2.08. The van der Waals surface area contributed by atoms with Gasteiger partial charge in [-0.3, -0.25) is 9.71 Å². The van der Waals surface area contributed by atoms with Gasteiger partial charge in [0, 0.05) is 18.0 Å². The summed E-state index contributed by atoms with van der Waals surface area (Å²) in [5.74, 6) is 0.387. The minimum Gasteiger partial charge on any atom is -0.359 e. The first-order valence-corrected chi connectivity index (χ1v) is 8.01. The van der Waals surface area contributed by atoms with E-state index in [1.54, 1.807) is 49.6 Å². The molecule has 0 atom stereocenters. The summed E-state index contributed by atoms with van der Waals surface area (Å²) < 4.78 is 32.5. The Bertz CT molecular complexity index is 875. The second kappa shape index (κ2) is 5.61. The number of anilines is 1. The van der Waals surface area contributed by atoms with E-state index in [-0.39, 0.29) is 4.90 Å². The SMILES string of the molecule is Cc1onc(-c2cccnc2)c1NS(=O)(=O)c1ccccc1. The Morgan fingerprint density at radius 1 is 1.09 bits per heavy atom. The summed E-state index contributed by atoms with van der Waals surface area (Å²) in [5, 5.41) is 3.92. The first-order valence-electron chi connectivity index (χ1n) is 6.52. The van der Waals surface area contributed by atoms with Crippen molar-refractivity contribution in [3.8, 4) is 11.3 Å². The van der Waals surface area contributed by atoms with Gasteiger partial charge in [-0.2, -0.15) is 0 Å². The normalized spacial score (nSPS) is 11.3. The van der Waals surface area contributed by atoms with E-state index in [9.17, 15) is 8.42 Å². The third kappa shape index (κ3) is 2.71. The van der Waals surface area contributed by atoms with Gasteiger partial charge < -0.3 is 4.52 Å². The third-order valence-corrected chi connectivity index (χ3v) is 4.45. The molecule has 2 heterocycles. The molecule has 112 valence electrons. The summed E-state index contributed by atoms with van der Waals surface area (Å²) in [6, 6.07) is 11.7. The predicted octanol–water partition coefficient (Wildman–Crippen LogP) is 2.85. The molecule has 6 nitrogen and oxygen atoms in total. The Morgan fingerprint density at radius 3 is 2.55 bits per heavy atom. The zero-order chi connectivity index (χ0) is 15.6. The lowest BCUT2D eigenvalue weighted by atomic mass is 10.2. The Kier molecular flexibility index (Phi) is 3.64. The molecule has 0 radical (unpaired) electrons. The maximum atomic E-state index is 12.4. The lowest BCUT2D eigenvalue weighted by Crippen LogP contribution is -2.13. The molecule has 0 aliphatic heterocycles. The molecule has 1 aromatic carbocycles. The van der Waals surface area contributed by atoms with Crippen molar-refractivity contribution >= 4 is 15.7 Å². The molecular weight excluding hydrogens is 302 g/mol. The molecule has 0 aliphatic rings. The average Bonchev–Trinajstić information content (AvgIpc) is 2.90. The van der Waals surface area contributed by atoms with Crippen LogP contribution in [0.1, 0.15) is 5.76 Å². The molecule has 0 fully saturated rings. The largest absolute Gasteiger partial charge is 0.359 e. The molecule has 0 saturated heterocycles. The van der Waals surface area contributed by atoms with E-state index in [2.05, 4.69) is 14.9 Å². The fourth-order valence-corrected chi connectivity index (χ4v) is 3.13. The number of hydrogen-bond donors (Lipinski definition) is 1. The smallest absolute Gasteiger partial charge is 0.262 e. The number of nitrogens with one attached hydrogen (secondary N) is 1. The van der Waals surface area contributed by atoms with E-state index in [1.807, 2.05) is 0 Å². The van der Waals surface area contributed by atoms with Crippen molar-refractivity contribution in [2.45, 2.75) is 11.8 Å². The molecule has 7 heteroatoms. The van der Waals surface area contributed by atoms with Crippen molar-refractivity contribution in [2.24, 2.45) is 0 Å². The fourth-order valence-electron chi connectivity index (χ4n) is 1.99. The van der Waals surface area contributed by atoms with Gasteiger partial charge in [0.05, 0.1) is 4.90 Å². The summed E-state index contributed by atoms with van der Waals surface area (Å²) in [6.07, 6.45) is 3.22. The van der Waals surface area contributed by atoms with Crippen LogP contribution in [-0.4, -0.2) is 18.6 Å². The number of benzene rings is 1. The fraction of sp³-hybridized carbons (Fsp3) is 0.0667. The van der Waals surface area contributed by atoms with Crippen molar-refractivity contribution in [1.82, 2.24) is 10.1 Å². The van der Waals surface area contributed by atoms with Crippen LogP contribution in [-0.2, 0) is 10.0 Å². The second-order valence-electron chi connectivity index (χ2n) is 4.62. The summed E-state index contributed by atoms with van der Waals surface area (Å²) in [4.78, 5) is 4.18. The average molecular weight is 315 g/mol. The van der Waals surface area contributed by atoms with E-state index in [0.717, 1.165) is 0 Å². The van der Waals surface area contributed by atoms with Crippen LogP contribution in [0.5, 0.6) is 0 Å². The van der Waals surface area contributed by atoms with Crippen molar-refractivity contribution in [3.63, 3.8) is 0 Å². The van der Waals surface area contributed by atoms with Gasteiger partial charge in [-0.15, -0.1) is 0 Å². The molecule has 3 aromatic rings. The van der Waals surface area contributed by atoms with Crippen LogP contribution >= 0.6 is 0 Å². The van der Waals surface area contributed by atoms with Crippen LogP contribution < -0.4 is 4.72 Å². The molecule has 0 spiro atoms. The molecule has 0 unspecified atom stereocenters. The van der Waals surface area contributed by atoms with Crippen LogP contribution in [0.25, 0.3) is 11.3 Å². The van der Waals surface area contributed by atoms with Gasteiger partial charge in [-0.1, -0.05) is 23.4 Å². The van der Waals surface area contributed by atoms with Crippen molar-refractivity contribution in [2.75, 3.05) is 4.72 Å². The van der Waals surface area contributed by atoms with Crippen molar-refractivity contribution in [1.29, 1.82) is 0 Å². The van der Waals surface area contributed by atoms with E-state index in [4.69, 9.17) is 4.52 Å². The molecule has 3 rings (SSSR count). The molecule has 0 bridgehead atoms. The summed E-state index contributed by atoms with van der Waals surface area (Å²) in [6.45, 7) is 1.65. The topological polar surface area (TPSA) is 85.1 Å². The highest BCUT2D eigenvalue weighted by molar-refractivity contribution is 7.92. The zero-order valence-electron chi connectivity index (χ0n) is 11.7. The maximum absolute atomic E-state index is 12.4. The number of pyridine rings is 1. The highest BCUT2D eigenvalue weighted by atomic mass is 32.2. The monoisotopic (exact) mass is 315 g/mol. The summed E-state index contributed by atoms with van der Waals surface area (Å²) in [7, 11) is -3.71. The van der Waals surface area contributed by atoms with Crippen LogP contribution in [0.3, 0.4) is 0 Å². The van der Waals surface area contributed by atoms with E-state index >= 15 is 0 Å². The van der Waals surface area contributed by atoms with Crippen LogP contribution in [0.4, 0.5) is 5.69 Å². The minimum atomic E-state index is -3.71. The van der Waals surface area contributed by atoms with Gasteiger partial charge >= 0.3 is 0 Å². The maximum Gasteiger partial charge on any atom is 0.262 e. The highest BCUT2D eigenvalue weighted by Crippen LogP contribution is 2.31. The van der Waals surface area contributed by atoms with Crippen LogP contribution in [0.15, 0.2) is 64.3 Å². The minimum absolute atomic E-state index is 0.174. The molecule has 2 aromatic heterocycles. The van der Waals surface area contributed by atoms with Crippen LogP contribution in [0.2, 0.25) is 0 Å². The van der Waals surface area contributed by atoms with E-state index in [0.29, 0.717) is 22.7 Å². The number of sulfonamides is 1. The number of aromatic nitrogens is 2. The molecule has 22 heavy (non-hydrogen) atoms. The van der Waals surface area contributed by atoms with Gasteiger partial charge in [0.15, 0.2) is 5.76 Å². The standard InChI is InChI=1S/C15H13N3O3S/c1-11-14(15(17-21-11)12-6-5-9-16-10-12)18-22(19,20)13-7-3-2-4-8-13/h2-10,18H,1H3. The molecule has 0 amide bonds. The Hall–Kier alpha value is -2.67. The van der Waals surface area contributed by atoms with Gasteiger partial charge in [0.1, 0.15) is 11.4 Å². The summed E-state index contributed by atoms with van der Waals surface area (Å²) >= 11 is 0. The van der Waals surface area contributed by atoms with Crippen molar-refractivity contribution in [3.05, 3.63) is 60.6 Å². The quantitative estimate of drug-likeness (QED) is 0.800. The van der Waals surface area contributed by atoms with Crippen LogP contribution in [0, 0.1) is 6.92 Å². The van der Waals surface area contributed by atoms with Gasteiger partial charge in [-0.25, -0.2) is 8.42 Å². The lowest BCUT2D eigenvalue weighted by molar-refractivity contribution is 0.400. The molecule has 0 aliphatic carbocycles. The molecule has 1 N–H and O–H groups in total. The number of hydrogen-bond acceptors (Lipinski definition) is 5. The number of rotatable bonds is 4. The Labute approximate surface area is 127 Å². The first kappa shape index (κ1) is 14.3. The van der Waals surface area contributed by atoms with Gasteiger partial charge in [-0.05, 0) is 31.2 Å². The molecule has 0 saturated carbocycles. The zero-order valence-corrected chi connectivity index (χ0v) is 12.5. The highest BCUT2D eigenvalue weighted by Gasteiger charge is 2.21. The Morgan fingerprint density at radius 2 is 1.86 bits per heavy atom. The first-order chi connectivity index (χ1) is 10.6. The van der Waals surface area contributed by atoms with Gasteiger partial charge in [0.25, 0.3) is 10.0 Å². The third-order valence-electron chi connectivity index (χ3n) is 3.09. The van der Waals surface area contributed by atoms with Crippen molar-refractivity contribution < 1.29 is 12.9 Å². The van der Waals surface area contributed by atoms with Gasteiger partial charge in [0.2, 0.25) is 0 Å². The Balaban J connectivity index is 2.02. The summed E-state index contributed by atoms with van der Waals surface area (Å²) in [5.41, 5.74) is 1.40. The van der Waals surface area contributed by atoms with E-state index < -0.39 is 10.0 Å². The number of nitrogens with zero attached hydrogens (tertiary/aromatic N) is 2. The van der Waals surface area contributed by atoms with E-state index in [1.165, 1.54) is 12.1 Å². The second-order valence-corrected chi connectivity index (χ2v) is 6.31.